The van der Waals surface area contributed by atoms with Crippen molar-refractivity contribution < 1.29 is 13.2 Å². The van der Waals surface area contributed by atoms with Gasteiger partial charge in [0.1, 0.15) is 12.4 Å². The molecule has 7 heteroatoms. The Morgan fingerprint density at radius 2 is 2.22 bits per heavy atom. The highest BCUT2D eigenvalue weighted by molar-refractivity contribution is 7.98. The zero-order chi connectivity index (χ0) is 13.4. The van der Waals surface area contributed by atoms with Gasteiger partial charge in [-0.3, -0.25) is 0 Å². The smallest absolute Gasteiger partial charge is 0.214 e. The van der Waals surface area contributed by atoms with Crippen molar-refractivity contribution in [2.24, 2.45) is 0 Å². The van der Waals surface area contributed by atoms with Gasteiger partial charge in [0.15, 0.2) is 0 Å². The van der Waals surface area contributed by atoms with E-state index in [9.17, 15) is 8.42 Å². The fourth-order valence-electron chi connectivity index (χ4n) is 1.24. The number of hydrogen-bond acceptors (Lipinski definition) is 5. The molecule has 3 N–H and O–H groups in total. The summed E-state index contributed by atoms with van der Waals surface area (Å²) in [6.45, 7) is 0.555. The first-order chi connectivity index (χ1) is 8.53. The molecule has 0 aliphatic carbocycles. The van der Waals surface area contributed by atoms with Crippen LogP contribution >= 0.6 is 11.8 Å². The van der Waals surface area contributed by atoms with Crippen LogP contribution in [0.5, 0.6) is 5.75 Å². The summed E-state index contributed by atoms with van der Waals surface area (Å²) in [5.41, 5.74) is 6.18. The van der Waals surface area contributed by atoms with E-state index in [0.29, 0.717) is 18.0 Å². The van der Waals surface area contributed by atoms with Gasteiger partial charge in [-0.15, -0.1) is 0 Å². The first-order valence-corrected chi connectivity index (χ1v) is 8.53. The van der Waals surface area contributed by atoms with Crippen molar-refractivity contribution >= 4 is 27.5 Å². The number of thioether (sulfide) groups is 1. The number of benzene rings is 1. The van der Waals surface area contributed by atoms with E-state index >= 15 is 0 Å². The third-order valence-corrected chi connectivity index (χ3v) is 4.07. The van der Waals surface area contributed by atoms with Gasteiger partial charge in [0, 0.05) is 24.1 Å². The number of nitrogen functional groups attached to an aromatic ring is 1. The minimum atomic E-state index is -3.25. The van der Waals surface area contributed by atoms with E-state index in [2.05, 4.69) is 4.72 Å². The molecular weight excluding hydrogens is 272 g/mol. The van der Waals surface area contributed by atoms with Crippen molar-refractivity contribution in [3.05, 3.63) is 24.3 Å². The Labute approximate surface area is 112 Å². The standard InChI is InChI=1S/C11H18N2O3S2/c1-17-7-5-13-18(14,15)8-6-16-11-4-2-3-10(12)9-11/h2-4,9,13H,5-8,12H2,1H3. The van der Waals surface area contributed by atoms with Gasteiger partial charge in [-0.2, -0.15) is 11.8 Å². The zero-order valence-electron chi connectivity index (χ0n) is 10.3. The number of rotatable bonds is 8. The highest BCUT2D eigenvalue weighted by atomic mass is 32.2. The van der Waals surface area contributed by atoms with Gasteiger partial charge < -0.3 is 10.5 Å². The van der Waals surface area contributed by atoms with Gasteiger partial charge in [0.2, 0.25) is 10.0 Å². The SMILES string of the molecule is CSCCNS(=O)(=O)CCOc1cccc(N)c1. The number of hydrogen-bond donors (Lipinski definition) is 2. The van der Waals surface area contributed by atoms with Crippen LogP contribution in [-0.4, -0.2) is 39.3 Å². The fraction of sp³-hybridized carbons (Fsp3) is 0.455. The molecule has 102 valence electrons. The fourth-order valence-corrected chi connectivity index (χ4v) is 2.54. The van der Waals surface area contributed by atoms with Gasteiger partial charge in [-0.1, -0.05) is 6.07 Å². The average molecular weight is 290 g/mol. The lowest BCUT2D eigenvalue weighted by Gasteiger charge is -2.08. The van der Waals surface area contributed by atoms with Crippen LogP contribution in [0.4, 0.5) is 5.69 Å². The number of nitrogens with two attached hydrogens (primary N) is 1. The number of anilines is 1. The van der Waals surface area contributed by atoms with Gasteiger partial charge >= 0.3 is 0 Å². The lowest BCUT2D eigenvalue weighted by Crippen LogP contribution is -2.30. The zero-order valence-corrected chi connectivity index (χ0v) is 11.9. The summed E-state index contributed by atoms with van der Waals surface area (Å²) < 4.78 is 30.9. The van der Waals surface area contributed by atoms with E-state index < -0.39 is 10.0 Å². The lowest BCUT2D eigenvalue weighted by atomic mass is 10.3. The molecule has 0 aromatic heterocycles. The Morgan fingerprint density at radius 3 is 2.89 bits per heavy atom. The van der Waals surface area contributed by atoms with Gasteiger partial charge in [0.25, 0.3) is 0 Å². The maximum Gasteiger partial charge on any atom is 0.214 e. The topological polar surface area (TPSA) is 81.4 Å². The first-order valence-electron chi connectivity index (χ1n) is 5.48. The maximum absolute atomic E-state index is 11.5. The third-order valence-electron chi connectivity index (χ3n) is 2.11. The van der Waals surface area contributed by atoms with Crippen LogP contribution in [0.15, 0.2) is 24.3 Å². The summed E-state index contributed by atoms with van der Waals surface area (Å²) in [6.07, 6.45) is 1.93. The van der Waals surface area contributed by atoms with E-state index in [1.807, 2.05) is 6.26 Å². The Kier molecular flexibility index (Phi) is 6.31. The highest BCUT2D eigenvalue weighted by Crippen LogP contribution is 2.14. The van der Waals surface area contributed by atoms with E-state index in [1.165, 1.54) is 0 Å². The summed E-state index contributed by atoms with van der Waals surface area (Å²) in [6, 6.07) is 6.90. The largest absolute Gasteiger partial charge is 0.492 e. The quantitative estimate of drug-likeness (QED) is 0.550. The molecule has 1 aromatic carbocycles. The second-order valence-electron chi connectivity index (χ2n) is 3.63. The summed E-state index contributed by atoms with van der Waals surface area (Å²) in [7, 11) is -3.25. The molecule has 0 aliphatic heterocycles. The summed E-state index contributed by atoms with van der Waals surface area (Å²) in [5.74, 6) is 1.28. The molecule has 0 atom stereocenters. The number of ether oxygens (including phenoxy) is 1. The van der Waals surface area contributed by atoms with Crippen LogP contribution in [0.2, 0.25) is 0 Å². The molecule has 0 spiro atoms. The summed E-state index contributed by atoms with van der Waals surface area (Å²) in [5, 5.41) is 0. The Balaban J connectivity index is 2.32. The molecule has 0 unspecified atom stereocenters. The summed E-state index contributed by atoms with van der Waals surface area (Å²) in [4.78, 5) is 0. The Morgan fingerprint density at radius 1 is 1.44 bits per heavy atom. The first kappa shape index (κ1) is 15.1. The van der Waals surface area contributed by atoms with E-state index in [4.69, 9.17) is 10.5 Å². The predicted octanol–water partition coefficient (Wildman–Crippen LogP) is 0.930. The van der Waals surface area contributed by atoms with E-state index in [-0.39, 0.29) is 12.4 Å². The van der Waals surface area contributed by atoms with Gasteiger partial charge in [-0.05, 0) is 18.4 Å². The molecule has 1 aromatic rings. The average Bonchev–Trinajstić information content (AvgIpc) is 2.29. The molecule has 0 radical (unpaired) electrons. The van der Waals surface area contributed by atoms with Gasteiger partial charge in [-0.25, -0.2) is 13.1 Å². The molecule has 5 nitrogen and oxygen atoms in total. The molecular formula is C11H18N2O3S2. The lowest BCUT2D eigenvalue weighted by molar-refractivity contribution is 0.340. The molecule has 0 bridgehead atoms. The van der Waals surface area contributed by atoms with Gasteiger partial charge in [0.05, 0.1) is 5.75 Å². The Bertz CT molecular complexity index is 463. The molecule has 1 rings (SSSR count). The number of sulfonamides is 1. The van der Waals surface area contributed by atoms with Crippen LogP contribution in [0.1, 0.15) is 0 Å². The highest BCUT2D eigenvalue weighted by Gasteiger charge is 2.09. The van der Waals surface area contributed by atoms with E-state index in [1.54, 1.807) is 36.0 Å². The molecule has 0 heterocycles. The molecule has 0 fully saturated rings. The molecule has 0 saturated heterocycles. The van der Waals surface area contributed by atoms with Crippen LogP contribution in [0.25, 0.3) is 0 Å². The van der Waals surface area contributed by atoms with E-state index in [0.717, 1.165) is 5.75 Å². The van der Waals surface area contributed by atoms with Crippen molar-refractivity contribution in [3.63, 3.8) is 0 Å². The van der Waals surface area contributed by atoms with Crippen molar-refractivity contribution in [1.29, 1.82) is 0 Å². The Hall–Kier alpha value is -0.920. The number of nitrogens with one attached hydrogen (secondary N) is 1. The van der Waals surface area contributed by atoms with Crippen LogP contribution in [-0.2, 0) is 10.0 Å². The molecule has 0 amide bonds. The normalized spacial score (nSPS) is 11.4. The van der Waals surface area contributed by atoms with Crippen molar-refractivity contribution in [1.82, 2.24) is 4.72 Å². The molecule has 0 aliphatic rings. The monoisotopic (exact) mass is 290 g/mol. The van der Waals surface area contributed by atoms with Crippen LogP contribution < -0.4 is 15.2 Å². The summed E-state index contributed by atoms with van der Waals surface area (Å²) >= 11 is 1.59. The molecule has 0 saturated carbocycles. The minimum absolute atomic E-state index is 0.0593. The minimum Gasteiger partial charge on any atom is -0.492 e. The van der Waals surface area contributed by atoms with Crippen LogP contribution in [0, 0.1) is 0 Å². The predicted molar refractivity (Wildman–Crippen MR) is 76.5 cm³/mol. The van der Waals surface area contributed by atoms with Crippen LogP contribution in [0.3, 0.4) is 0 Å². The van der Waals surface area contributed by atoms with Crippen molar-refractivity contribution in [3.8, 4) is 5.75 Å². The van der Waals surface area contributed by atoms with Crippen molar-refractivity contribution in [2.45, 2.75) is 0 Å². The maximum atomic E-state index is 11.5. The molecule has 18 heavy (non-hydrogen) atoms. The second kappa shape index (κ2) is 7.50. The third kappa shape index (κ3) is 6.13. The van der Waals surface area contributed by atoms with Crippen molar-refractivity contribution in [2.75, 3.05) is 36.6 Å². The second-order valence-corrected chi connectivity index (χ2v) is 6.54.